The van der Waals surface area contributed by atoms with Crippen LogP contribution in [0, 0.1) is 0 Å². The number of hydrogen-bond acceptors (Lipinski definition) is 2. The van der Waals surface area contributed by atoms with E-state index in [2.05, 4.69) is 61.2 Å². The third kappa shape index (κ3) is 4.72. The molecule has 0 spiro atoms. The molecule has 0 amide bonds. The van der Waals surface area contributed by atoms with E-state index in [9.17, 15) is 0 Å². The van der Waals surface area contributed by atoms with Crippen molar-refractivity contribution >= 4 is 13.3 Å². The quantitative estimate of drug-likeness (QED) is 0.839. The van der Waals surface area contributed by atoms with Gasteiger partial charge in [0.15, 0.2) is 0 Å². The summed E-state index contributed by atoms with van der Waals surface area (Å²) in [5, 5.41) is 5.18. The minimum atomic E-state index is -1.15. The van der Waals surface area contributed by atoms with Crippen LogP contribution in [0.4, 0.5) is 0 Å². The summed E-state index contributed by atoms with van der Waals surface area (Å²) >= 11 is 0. The van der Waals surface area contributed by atoms with E-state index in [0.717, 1.165) is 13.1 Å². The van der Waals surface area contributed by atoms with Gasteiger partial charge in [0.1, 0.15) is 0 Å². The van der Waals surface area contributed by atoms with Crippen molar-refractivity contribution < 1.29 is 0 Å². The summed E-state index contributed by atoms with van der Waals surface area (Å²) in [7, 11) is 1.08. The summed E-state index contributed by atoms with van der Waals surface area (Å²) in [6.07, 6.45) is 4.06. The zero-order valence-corrected chi connectivity index (χ0v) is 14.6. The molecule has 1 aromatic rings. The number of hydrogen-bond donors (Lipinski definition) is 1. The second-order valence-electron chi connectivity index (χ2n) is 7.29. The Hall–Kier alpha value is -0.643. The molecule has 0 aromatic heterocycles. The Morgan fingerprint density at radius 1 is 1.15 bits per heavy atom. The highest BCUT2D eigenvalue weighted by atomic mass is 28.3. The van der Waals surface area contributed by atoms with Gasteiger partial charge in [-0.15, -0.1) is 0 Å². The Kier molecular flexibility index (Phi) is 5.41. The molecule has 1 N–H and O–H groups in total. The number of likely N-dealkylation sites (N-methyl/N-ethyl adjacent to an activating group) is 1. The number of nitrogens with one attached hydrogen (secondary N) is 1. The lowest BCUT2D eigenvalue weighted by Crippen LogP contribution is -2.42. The van der Waals surface area contributed by atoms with Gasteiger partial charge in [-0.05, 0) is 32.0 Å². The SMILES string of the molecule is CN(Cc1ccc([Si](C)(C)C)cc1)CC1CCCCN1. The molecule has 1 aliphatic rings. The van der Waals surface area contributed by atoms with Crippen LogP contribution in [-0.2, 0) is 6.54 Å². The Morgan fingerprint density at radius 2 is 1.85 bits per heavy atom. The van der Waals surface area contributed by atoms with Gasteiger partial charge in [0.25, 0.3) is 0 Å². The van der Waals surface area contributed by atoms with Crippen LogP contribution in [0.2, 0.25) is 19.6 Å². The maximum Gasteiger partial charge on any atom is 0.0775 e. The molecule has 0 radical (unpaired) electrons. The molecule has 1 atom stereocenters. The molecular formula is C17H30N2Si. The molecule has 1 unspecified atom stereocenters. The highest BCUT2D eigenvalue weighted by Gasteiger charge is 2.17. The molecule has 0 bridgehead atoms. The first-order chi connectivity index (χ1) is 9.45. The van der Waals surface area contributed by atoms with Crippen molar-refractivity contribution in [3.63, 3.8) is 0 Å². The van der Waals surface area contributed by atoms with Crippen molar-refractivity contribution in [3.8, 4) is 0 Å². The van der Waals surface area contributed by atoms with E-state index in [1.54, 1.807) is 5.19 Å². The van der Waals surface area contributed by atoms with Gasteiger partial charge < -0.3 is 10.2 Å². The molecule has 20 heavy (non-hydrogen) atoms. The molecule has 0 saturated carbocycles. The fourth-order valence-electron chi connectivity index (χ4n) is 2.94. The molecule has 1 heterocycles. The molecule has 1 aliphatic heterocycles. The van der Waals surface area contributed by atoms with Crippen molar-refractivity contribution in [3.05, 3.63) is 29.8 Å². The smallest absolute Gasteiger partial charge is 0.0775 e. The van der Waals surface area contributed by atoms with Gasteiger partial charge in [0, 0.05) is 19.1 Å². The van der Waals surface area contributed by atoms with Crippen LogP contribution in [0.3, 0.4) is 0 Å². The number of rotatable bonds is 5. The summed E-state index contributed by atoms with van der Waals surface area (Å²) in [6, 6.07) is 10.0. The molecular weight excluding hydrogens is 260 g/mol. The topological polar surface area (TPSA) is 15.3 Å². The zero-order valence-electron chi connectivity index (χ0n) is 13.6. The van der Waals surface area contributed by atoms with Gasteiger partial charge in [0.05, 0.1) is 8.07 Å². The Balaban J connectivity index is 1.86. The molecule has 112 valence electrons. The first kappa shape index (κ1) is 15.7. The maximum absolute atomic E-state index is 3.63. The predicted molar refractivity (Wildman–Crippen MR) is 91.4 cm³/mol. The van der Waals surface area contributed by atoms with Gasteiger partial charge in [0.2, 0.25) is 0 Å². The lowest BCUT2D eigenvalue weighted by molar-refractivity contribution is 0.256. The predicted octanol–water partition coefficient (Wildman–Crippen LogP) is 2.81. The van der Waals surface area contributed by atoms with E-state index < -0.39 is 8.07 Å². The molecule has 1 saturated heterocycles. The summed E-state index contributed by atoms with van der Waals surface area (Å²) in [6.45, 7) is 10.6. The van der Waals surface area contributed by atoms with E-state index in [1.165, 1.54) is 31.4 Å². The summed E-state index contributed by atoms with van der Waals surface area (Å²) in [4.78, 5) is 2.45. The van der Waals surface area contributed by atoms with Crippen LogP contribution >= 0.6 is 0 Å². The highest BCUT2D eigenvalue weighted by Crippen LogP contribution is 2.10. The Labute approximate surface area is 125 Å². The first-order valence-electron chi connectivity index (χ1n) is 7.96. The number of nitrogens with zero attached hydrogens (tertiary/aromatic N) is 1. The molecule has 0 aliphatic carbocycles. The molecule has 3 heteroatoms. The van der Waals surface area contributed by atoms with Crippen molar-refractivity contribution in [2.75, 3.05) is 20.1 Å². The average molecular weight is 291 g/mol. The summed E-state index contributed by atoms with van der Waals surface area (Å²) < 4.78 is 0. The molecule has 1 aromatic carbocycles. The lowest BCUT2D eigenvalue weighted by Gasteiger charge is -2.28. The van der Waals surface area contributed by atoms with Gasteiger partial charge >= 0.3 is 0 Å². The van der Waals surface area contributed by atoms with Crippen LogP contribution in [0.5, 0.6) is 0 Å². The summed E-state index contributed by atoms with van der Waals surface area (Å²) in [5.74, 6) is 0. The normalized spacial score (nSPS) is 20.4. The van der Waals surface area contributed by atoms with Crippen LogP contribution in [0.15, 0.2) is 24.3 Å². The van der Waals surface area contributed by atoms with Crippen LogP contribution in [0.1, 0.15) is 24.8 Å². The molecule has 2 nitrogen and oxygen atoms in total. The standard InChI is InChI=1S/C17H30N2Si/c1-19(14-16-7-5-6-12-18-16)13-15-8-10-17(11-9-15)20(2,3)4/h8-11,16,18H,5-7,12-14H2,1-4H3. The van der Waals surface area contributed by atoms with Gasteiger partial charge in [-0.1, -0.05) is 55.5 Å². The van der Waals surface area contributed by atoms with E-state index in [4.69, 9.17) is 0 Å². The van der Waals surface area contributed by atoms with Crippen LogP contribution in [-0.4, -0.2) is 39.2 Å². The summed E-state index contributed by atoms with van der Waals surface area (Å²) in [5.41, 5.74) is 1.44. The monoisotopic (exact) mass is 290 g/mol. The second-order valence-corrected chi connectivity index (χ2v) is 12.4. The number of piperidine rings is 1. The van der Waals surface area contributed by atoms with Crippen molar-refractivity contribution in [2.45, 2.75) is 51.5 Å². The fourth-order valence-corrected chi connectivity index (χ4v) is 4.11. The minimum Gasteiger partial charge on any atom is -0.313 e. The lowest BCUT2D eigenvalue weighted by atomic mass is 10.0. The minimum absolute atomic E-state index is 0.690. The van der Waals surface area contributed by atoms with Gasteiger partial charge in [-0.2, -0.15) is 0 Å². The van der Waals surface area contributed by atoms with Crippen LogP contribution < -0.4 is 10.5 Å². The number of benzene rings is 1. The average Bonchev–Trinajstić information content (AvgIpc) is 2.39. The van der Waals surface area contributed by atoms with Crippen molar-refractivity contribution in [2.24, 2.45) is 0 Å². The van der Waals surface area contributed by atoms with Gasteiger partial charge in [-0.3, -0.25) is 0 Å². The Morgan fingerprint density at radius 3 is 2.40 bits per heavy atom. The zero-order chi connectivity index (χ0) is 14.6. The largest absolute Gasteiger partial charge is 0.313 e. The van der Waals surface area contributed by atoms with E-state index in [1.807, 2.05) is 0 Å². The molecule has 1 fully saturated rings. The fraction of sp³-hybridized carbons (Fsp3) is 0.647. The van der Waals surface area contributed by atoms with Crippen molar-refractivity contribution in [1.82, 2.24) is 10.2 Å². The van der Waals surface area contributed by atoms with E-state index in [-0.39, 0.29) is 0 Å². The highest BCUT2D eigenvalue weighted by molar-refractivity contribution is 6.88. The van der Waals surface area contributed by atoms with Gasteiger partial charge in [-0.25, -0.2) is 0 Å². The Bertz CT molecular complexity index is 402. The second kappa shape index (κ2) is 6.88. The third-order valence-corrected chi connectivity index (χ3v) is 6.28. The maximum atomic E-state index is 3.63. The van der Waals surface area contributed by atoms with Crippen molar-refractivity contribution in [1.29, 1.82) is 0 Å². The third-order valence-electron chi connectivity index (χ3n) is 4.22. The molecule has 2 rings (SSSR count). The van der Waals surface area contributed by atoms with Crippen LogP contribution in [0.25, 0.3) is 0 Å². The van der Waals surface area contributed by atoms with E-state index >= 15 is 0 Å². The van der Waals surface area contributed by atoms with E-state index in [0.29, 0.717) is 6.04 Å². The first-order valence-corrected chi connectivity index (χ1v) is 11.5.